The summed E-state index contributed by atoms with van der Waals surface area (Å²) >= 11 is 0. The van der Waals surface area contributed by atoms with Crippen molar-refractivity contribution >= 4 is 11.5 Å². The van der Waals surface area contributed by atoms with E-state index in [1.807, 2.05) is 0 Å². The van der Waals surface area contributed by atoms with Gasteiger partial charge < -0.3 is 15.2 Å². The van der Waals surface area contributed by atoms with Crippen LogP contribution in [0.25, 0.3) is 11.3 Å². The summed E-state index contributed by atoms with van der Waals surface area (Å²) in [5, 5.41) is 11.1. The van der Waals surface area contributed by atoms with Crippen LogP contribution in [0.15, 0.2) is 30.3 Å². The van der Waals surface area contributed by atoms with Crippen LogP contribution in [0, 0.1) is 10.1 Å². The monoisotopic (exact) mass is 275 g/mol. The lowest BCUT2D eigenvalue weighted by Gasteiger charge is -2.12. The SMILES string of the molecule is COc1cccc(-c2nc(N)ccc2[N+](=O)[O-])c1OC. The van der Waals surface area contributed by atoms with Gasteiger partial charge in [-0.1, -0.05) is 6.07 Å². The maximum Gasteiger partial charge on any atom is 0.295 e. The minimum atomic E-state index is -0.513. The van der Waals surface area contributed by atoms with Crippen molar-refractivity contribution in [2.75, 3.05) is 20.0 Å². The molecule has 0 spiro atoms. The number of aromatic nitrogens is 1. The maximum absolute atomic E-state index is 11.1. The fraction of sp³-hybridized carbons (Fsp3) is 0.154. The molecule has 0 amide bonds. The number of nitrogen functional groups attached to an aromatic ring is 1. The highest BCUT2D eigenvalue weighted by Crippen LogP contribution is 2.40. The van der Waals surface area contributed by atoms with Crippen LogP contribution in [0.2, 0.25) is 0 Å². The summed E-state index contributed by atoms with van der Waals surface area (Å²) in [4.78, 5) is 14.6. The van der Waals surface area contributed by atoms with Gasteiger partial charge in [-0.25, -0.2) is 4.98 Å². The summed E-state index contributed by atoms with van der Waals surface area (Å²) in [7, 11) is 2.95. The minimum Gasteiger partial charge on any atom is -0.493 e. The van der Waals surface area contributed by atoms with Crippen LogP contribution in [0.4, 0.5) is 11.5 Å². The third kappa shape index (κ3) is 2.33. The van der Waals surface area contributed by atoms with Gasteiger partial charge in [-0.15, -0.1) is 0 Å². The van der Waals surface area contributed by atoms with Gasteiger partial charge in [0.15, 0.2) is 17.2 Å². The fourth-order valence-electron chi connectivity index (χ4n) is 1.89. The molecule has 1 aromatic heterocycles. The second kappa shape index (κ2) is 5.43. The maximum atomic E-state index is 11.1. The van der Waals surface area contributed by atoms with Crippen molar-refractivity contribution in [2.24, 2.45) is 0 Å². The largest absolute Gasteiger partial charge is 0.493 e. The highest BCUT2D eigenvalue weighted by molar-refractivity contribution is 5.78. The second-order valence-corrected chi connectivity index (χ2v) is 3.90. The van der Waals surface area contributed by atoms with Gasteiger partial charge >= 0.3 is 0 Å². The number of methoxy groups -OCH3 is 2. The van der Waals surface area contributed by atoms with Gasteiger partial charge in [0.2, 0.25) is 0 Å². The Labute approximate surface area is 115 Å². The van der Waals surface area contributed by atoms with Crippen LogP contribution in [-0.4, -0.2) is 24.1 Å². The van der Waals surface area contributed by atoms with Crippen molar-refractivity contribution in [3.8, 4) is 22.8 Å². The Morgan fingerprint density at radius 2 is 1.95 bits per heavy atom. The molecule has 0 unspecified atom stereocenters. The van der Waals surface area contributed by atoms with E-state index in [4.69, 9.17) is 15.2 Å². The van der Waals surface area contributed by atoms with Crippen molar-refractivity contribution in [1.82, 2.24) is 4.98 Å². The molecule has 2 aromatic rings. The highest BCUT2D eigenvalue weighted by atomic mass is 16.6. The Morgan fingerprint density at radius 3 is 2.55 bits per heavy atom. The smallest absolute Gasteiger partial charge is 0.295 e. The summed E-state index contributed by atoms with van der Waals surface area (Å²) in [6.07, 6.45) is 0. The Bertz CT molecular complexity index is 658. The molecule has 20 heavy (non-hydrogen) atoms. The van der Waals surface area contributed by atoms with Crippen LogP contribution < -0.4 is 15.2 Å². The molecule has 0 bridgehead atoms. The van der Waals surface area contributed by atoms with E-state index >= 15 is 0 Å². The molecule has 0 aliphatic rings. The zero-order valence-electron chi connectivity index (χ0n) is 11.0. The molecule has 0 aliphatic heterocycles. The van der Waals surface area contributed by atoms with Crippen LogP contribution in [-0.2, 0) is 0 Å². The molecule has 0 atom stereocenters. The lowest BCUT2D eigenvalue weighted by Crippen LogP contribution is -2.00. The van der Waals surface area contributed by atoms with E-state index in [9.17, 15) is 10.1 Å². The molecule has 2 rings (SSSR count). The van der Waals surface area contributed by atoms with Crippen LogP contribution in [0.3, 0.4) is 0 Å². The first kappa shape index (κ1) is 13.6. The average Bonchev–Trinajstić information content (AvgIpc) is 2.45. The Hall–Kier alpha value is -2.83. The van der Waals surface area contributed by atoms with E-state index in [0.717, 1.165) is 0 Å². The number of rotatable bonds is 4. The summed E-state index contributed by atoms with van der Waals surface area (Å²) in [6, 6.07) is 7.76. The zero-order valence-corrected chi connectivity index (χ0v) is 11.0. The molecule has 0 radical (unpaired) electrons. The molecular weight excluding hydrogens is 262 g/mol. The van der Waals surface area contributed by atoms with Crippen molar-refractivity contribution < 1.29 is 14.4 Å². The first-order valence-electron chi connectivity index (χ1n) is 5.70. The van der Waals surface area contributed by atoms with Crippen molar-refractivity contribution in [2.45, 2.75) is 0 Å². The Kier molecular flexibility index (Phi) is 3.69. The van der Waals surface area contributed by atoms with Gasteiger partial charge in [0.1, 0.15) is 5.82 Å². The van der Waals surface area contributed by atoms with E-state index in [0.29, 0.717) is 17.1 Å². The van der Waals surface area contributed by atoms with E-state index in [1.165, 1.54) is 26.4 Å². The summed E-state index contributed by atoms with van der Waals surface area (Å²) < 4.78 is 10.4. The van der Waals surface area contributed by atoms with Gasteiger partial charge in [-0.2, -0.15) is 0 Å². The fourth-order valence-corrected chi connectivity index (χ4v) is 1.89. The predicted octanol–water partition coefficient (Wildman–Crippen LogP) is 2.26. The van der Waals surface area contributed by atoms with E-state index in [-0.39, 0.29) is 17.2 Å². The molecule has 0 saturated carbocycles. The lowest BCUT2D eigenvalue weighted by molar-refractivity contribution is -0.384. The number of anilines is 1. The molecule has 1 aromatic carbocycles. The topological polar surface area (TPSA) is 101 Å². The third-order valence-corrected chi connectivity index (χ3v) is 2.75. The van der Waals surface area contributed by atoms with Gasteiger partial charge in [-0.05, 0) is 18.2 Å². The molecule has 0 fully saturated rings. The number of pyridine rings is 1. The molecule has 7 heteroatoms. The summed E-state index contributed by atoms with van der Waals surface area (Å²) in [5.41, 5.74) is 6.07. The highest BCUT2D eigenvalue weighted by Gasteiger charge is 2.22. The minimum absolute atomic E-state index is 0.144. The number of nitrogens with two attached hydrogens (primary N) is 1. The molecule has 1 heterocycles. The van der Waals surface area contributed by atoms with Gasteiger partial charge in [0.25, 0.3) is 5.69 Å². The van der Waals surface area contributed by atoms with Gasteiger partial charge in [-0.3, -0.25) is 10.1 Å². The number of para-hydroxylation sites is 1. The number of nitrogens with zero attached hydrogens (tertiary/aromatic N) is 2. The predicted molar refractivity (Wildman–Crippen MR) is 73.8 cm³/mol. The summed E-state index contributed by atoms with van der Waals surface area (Å²) in [5.74, 6) is 1.02. The van der Waals surface area contributed by atoms with Gasteiger partial charge in [0, 0.05) is 6.07 Å². The molecule has 7 nitrogen and oxygen atoms in total. The van der Waals surface area contributed by atoms with E-state index < -0.39 is 4.92 Å². The number of benzene rings is 1. The van der Waals surface area contributed by atoms with Crippen LogP contribution >= 0.6 is 0 Å². The van der Waals surface area contributed by atoms with Crippen molar-refractivity contribution in [1.29, 1.82) is 0 Å². The standard InChI is InChI=1S/C13H13N3O4/c1-19-10-5-3-4-8(13(10)20-2)12-9(16(17)18)6-7-11(14)15-12/h3-7H,1-2H3,(H2,14,15). The molecule has 0 saturated heterocycles. The quantitative estimate of drug-likeness (QED) is 0.678. The van der Waals surface area contributed by atoms with Crippen LogP contribution in [0.1, 0.15) is 0 Å². The van der Waals surface area contributed by atoms with Crippen LogP contribution in [0.5, 0.6) is 11.5 Å². The average molecular weight is 275 g/mol. The number of ether oxygens (including phenoxy) is 2. The second-order valence-electron chi connectivity index (χ2n) is 3.90. The molecule has 0 aliphatic carbocycles. The third-order valence-electron chi connectivity index (χ3n) is 2.75. The van der Waals surface area contributed by atoms with Crippen molar-refractivity contribution in [3.63, 3.8) is 0 Å². The first-order valence-corrected chi connectivity index (χ1v) is 5.70. The summed E-state index contributed by atoms with van der Waals surface area (Å²) in [6.45, 7) is 0. The zero-order chi connectivity index (χ0) is 14.7. The Balaban J connectivity index is 2.74. The van der Waals surface area contributed by atoms with E-state index in [1.54, 1.807) is 18.2 Å². The lowest BCUT2D eigenvalue weighted by atomic mass is 10.1. The number of hydrogen-bond donors (Lipinski definition) is 1. The van der Waals surface area contributed by atoms with Gasteiger partial charge in [0.05, 0.1) is 24.7 Å². The first-order chi connectivity index (χ1) is 9.58. The number of hydrogen-bond acceptors (Lipinski definition) is 6. The normalized spacial score (nSPS) is 10.1. The molecule has 2 N–H and O–H groups in total. The number of nitro groups is 1. The molecule has 104 valence electrons. The van der Waals surface area contributed by atoms with E-state index in [2.05, 4.69) is 4.98 Å². The molecular formula is C13H13N3O4. The van der Waals surface area contributed by atoms with Crippen molar-refractivity contribution in [3.05, 3.63) is 40.4 Å². The Morgan fingerprint density at radius 1 is 1.20 bits per heavy atom.